The molecule has 3 heterocycles. The Morgan fingerprint density at radius 2 is 2.03 bits per heavy atom. The van der Waals surface area contributed by atoms with Crippen LogP contribution in [0.25, 0.3) is 32.9 Å². The van der Waals surface area contributed by atoms with Crippen LogP contribution in [0.1, 0.15) is 16.7 Å². The number of pyridine rings is 2. The number of ether oxygens (including phenoxy) is 1. The highest BCUT2D eigenvalue weighted by Crippen LogP contribution is 2.42. The summed E-state index contributed by atoms with van der Waals surface area (Å²) >= 11 is 0. The van der Waals surface area contributed by atoms with Gasteiger partial charge >= 0.3 is 5.97 Å². The quantitative estimate of drug-likeness (QED) is 0.535. The van der Waals surface area contributed by atoms with Crippen LogP contribution in [0.2, 0.25) is 0 Å². The van der Waals surface area contributed by atoms with Crippen molar-refractivity contribution >= 4 is 33.6 Å². The van der Waals surface area contributed by atoms with E-state index in [2.05, 4.69) is 0 Å². The lowest BCUT2D eigenvalue weighted by atomic mass is 9.88. The zero-order chi connectivity index (χ0) is 21.7. The molecule has 0 aliphatic carbocycles. The fourth-order valence-electron chi connectivity index (χ4n) is 4.48. The SMILES string of the molecule is Cc1cc2nc(N(C)C)ccc2c(-c2ccc3c4c(ccnc24)CCO3)c1CC(=O)O. The van der Waals surface area contributed by atoms with Crippen LogP contribution in [0.15, 0.2) is 42.6 Å². The zero-order valence-corrected chi connectivity index (χ0v) is 17.8. The number of carboxylic acids is 1. The Bertz CT molecular complexity index is 1350. The second kappa shape index (κ2) is 7.23. The normalized spacial score (nSPS) is 12.7. The third kappa shape index (κ3) is 3.15. The molecule has 0 atom stereocenters. The van der Waals surface area contributed by atoms with Gasteiger partial charge in [0, 0.05) is 43.0 Å². The number of anilines is 1. The first-order chi connectivity index (χ1) is 14.9. The van der Waals surface area contributed by atoms with Crippen molar-refractivity contribution < 1.29 is 14.6 Å². The second-order valence-electron chi connectivity index (χ2n) is 8.15. The van der Waals surface area contributed by atoms with Crippen LogP contribution in [-0.2, 0) is 17.6 Å². The molecule has 0 saturated carbocycles. The van der Waals surface area contributed by atoms with E-state index < -0.39 is 5.97 Å². The van der Waals surface area contributed by atoms with E-state index in [0.717, 1.165) is 62.0 Å². The maximum atomic E-state index is 11.8. The van der Waals surface area contributed by atoms with Gasteiger partial charge in [0.05, 0.1) is 24.1 Å². The molecule has 2 aromatic heterocycles. The van der Waals surface area contributed by atoms with E-state index in [1.54, 1.807) is 0 Å². The number of aliphatic carboxylic acids is 1. The highest BCUT2D eigenvalue weighted by molar-refractivity contribution is 6.08. The van der Waals surface area contributed by atoms with E-state index in [9.17, 15) is 9.90 Å². The predicted molar refractivity (Wildman–Crippen MR) is 122 cm³/mol. The highest BCUT2D eigenvalue weighted by atomic mass is 16.5. The average molecular weight is 413 g/mol. The van der Waals surface area contributed by atoms with Crippen LogP contribution in [0.3, 0.4) is 0 Å². The first-order valence-corrected chi connectivity index (χ1v) is 10.3. The molecule has 1 aliphatic heterocycles. The molecule has 0 radical (unpaired) electrons. The first kappa shape index (κ1) is 19.3. The van der Waals surface area contributed by atoms with Crippen molar-refractivity contribution in [2.75, 3.05) is 25.6 Å². The van der Waals surface area contributed by atoms with Crippen molar-refractivity contribution in [1.82, 2.24) is 9.97 Å². The van der Waals surface area contributed by atoms with Crippen LogP contribution in [0, 0.1) is 6.92 Å². The van der Waals surface area contributed by atoms with Crippen LogP contribution in [0.5, 0.6) is 5.75 Å². The number of nitrogens with zero attached hydrogens (tertiary/aromatic N) is 3. The number of aromatic nitrogens is 2. The molecular formula is C25H23N3O3. The van der Waals surface area contributed by atoms with Gasteiger partial charge in [-0.1, -0.05) is 0 Å². The van der Waals surface area contributed by atoms with E-state index in [1.807, 2.05) is 68.5 Å². The molecule has 156 valence electrons. The molecule has 4 aromatic rings. The number of hydrogen-bond donors (Lipinski definition) is 1. The third-order valence-corrected chi connectivity index (χ3v) is 5.94. The van der Waals surface area contributed by atoms with Gasteiger partial charge in [0.15, 0.2) is 0 Å². The summed E-state index contributed by atoms with van der Waals surface area (Å²) in [5.41, 5.74) is 6.38. The molecule has 0 spiro atoms. The van der Waals surface area contributed by atoms with Gasteiger partial charge < -0.3 is 14.7 Å². The van der Waals surface area contributed by atoms with Crippen molar-refractivity contribution in [3.05, 3.63) is 59.3 Å². The number of benzene rings is 2. The number of rotatable bonds is 4. The van der Waals surface area contributed by atoms with E-state index >= 15 is 0 Å². The van der Waals surface area contributed by atoms with Gasteiger partial charge in [-0.15, -0.1) is 0 Å². The van der Waals surface area contributed by atoms with E-state index in [0.29, 0.717) is 6.61 Å². The van der Waals surface area contributed by atoms with Crippen LogP contribution >= 0.6 is 0 Å². The van der Waals surface area contributed by atoms with Gasteiger partial charge in [-0.3, -0.25) is 9.78 Å². The summed E-state index contributed by atoms with van der Waals surface area (Å²) in [4.78, 5) is 23.2. The third-order valence-electron chi connectivity index (χ3n) is 5.94. The molecule has 1 N–H and O–H groups in total. The highest BCUT2D eigenvalue weighted by Gasteiger charge is 2.22. The topological polar surface area (TPSA) is 75.5 Å². The van der Waals surface area contributed by atoms with E-state index in [4.69, 9.17) is 14.7 Å². The maximum absolute atomic E-state index is 11.8. The summed E-state index contributed by atoms with van der Waals surface area (Å²) in [5, 5.41) is 11.6. The Kier molecular flexibility index (Phi) is 4.50. The standard InChI is InChI=1S/C25H23N3O3/c1-14-12-19-16(5-7-21(27-19)28(2)3)24(18(14)13-22(29)30)17-4-6-20-23-15(9-11-31-20)8-10-26-25(17)23/h4-8,10,12H,9,11,13H2,1-3H3,(H,29,30). The fourth-order valence-corrected chi connectivity index (χ4v) is 4.48. The van der Waals surface area contributed by atoms with Gasteiger partial charge in [0.25, 0.3) is 0 Å². The van der Waals surface area contributed by atoms with Gasteiger partial charge in [0.1, 0.15) is 11.6 Å². The second-order valence-corrected chi connectivity index (χ2v) is 8.15. The maximum Gasteiger partial charge on any atom is 0.307 e. The molecule has 0 bridgehead atoms. The van der Waals surface area contributed by atoms with Gasteiger partial charge in [-0.05, 0) is 65.6 Å². The molecular weight excluding hydrogens is 390 g/mol. The van der Waals surface area contributed by atoms with Crippen molar-refractivity contribution in [2.24, 2.45) is 0 Å². The van der Waals surface area contributed by atoms with E-state index in [-0.39, 0.29) is 6.42 Å². The lowest BCUT2D eigenvalue weighted by Crippen LogP contribution is -2.11. The van der Waals surface area contributed by atoms with Gasteiger partial charge in [-0.25, -0.2) is 4.98 Å². The van der Waals surface area contributed by atoms with Crippen molar-refractivity contribution in [3.8, 4) is 16.9 Å². The minimum absolute atomic E-state index is 0.0635. The van der Waals surface area contributed by atoms with Crippen LogP contribution < -0.4 is 9.64 Å². The lowest BCUT2D eigenvalue weighted by molar-refractivity contribution is -0.136. The molecule has 1 aliphatic rings. The first-order valence-electron chi connectivity index (χ1n) is 10.3. The summed E-state index contributed by atoms with van der Waals surface area (Å²) in [5.74, 6) is 0.825. The largest absolute Gasteiger partial charge is 0.493 e. The van der Waals surface area contributed by atoms with Crippen molar-refractivity contribution in [1.29, 1.82) is 0 Å². The minimum atomic E-state index is -0.861. The number of fused-ring (bicyclic) bond motifs is 1. The summed E-state index contributed by atoms with van der Waals surface area (Å²) in [7, 11) is 3.91. The summed E-state index contributed by atoms with van der Waals surface area (Å²) in [6.45, 7) is 2.60. The van der Waals surface area contributed by atoms with Gasteiger partial charge in [-0.2, -0.15) is 0 Å². The molecule has 2 aromatic carbocycles. The predicted octanol–water partition coefficient (Wildman–Crippen LogP) is 4.39. The van der Waals surface area contributed by atoms with Crippen molar-refractivity contribution in [3.63, 3.8) is 0 Å². The van der Waals surface area contributed by atoms with Crippen molar-refractivity contribution in [2.45, 2.75) is 19.8 Å². The lowest BCUT2D eigenvalue weighted by Gasteiger charge is -2.22. The Morgan fingerprint density at radius 3 is 2.81 bits per heavy atom. The molecule has 0 fully saturated rings. The minimum Gasteiger partial charge on any atom is -0.493 e. The molecule has 0 unspecified atom stereocenters. The smallest absolute Gasteiger partial charge is 0.307 e. The Morgan fingerprint density at radius 1 is 1.19 bits per heavy atom. The summed E-state index contributed by atoms with van der Waals surface area (Å²) in [6, 6.07) is 12.0. The number of hydrogen-bond acceptors (Lipinski definition) is 5. The molecule has 6 heteroatoms. The fraction of sp³-hybridized carbons (Fsp3) is 0.240. The summed E-state index contributed by atoms with van der Waals surface area (Å²) < 4.78 is 5.88. The van der Waals surface area contributed by atoms with Gasteiger partial charge in [0.2, 0.25) is 0 Å². The molecule has 6 nitrogen and oxygen atoms in total. The van der Waals surface area contributed by atoms with E-state index in [1.165, 1.54) is 5.56 Å². The average Bonchev–Trinajstić information content (AvgIpc) is 2.75. The number of carbonyl (C=O) groups is 1. The summed E-state index contributed by atoms with van der Waals surface area (Å²) in [6.07, 6.45) is 2.60. The number of aryl methyl sites for hydroxylation is 1. The molecule has 0 saturated heterocycles. The Hall–Kier alpha value is -3.67. The number of carboxylic acid groups (broad SMARTS) is 1. The van der Waals surface area contributed by atoms with Crippen LogP contribution in [0.4, 0.5) is 5.82 Å². The molecule has 0 amide bonds. The molecule has 31 heavy (non-hydrogen) atoms. The Balaban J connectivity index is 1.89. The van der Waals surface area contributed by atoms with Crippen LogP contribution in [-0.4, -0.2) is 41.7 Å². The Labute approximate surface area is 180 Å². The zero-order valence-electron chi connectivity index (χ0n) is 17.8. The molecule has 5 rings (SSSR count). The monoisotopic (exact) mass is 413 g/mol.